The molecule has 0 saturated carbocycles. The van der Waals surface area contributed by atoms with Crippen LogP contribution in [-0.2, 0) is 12.8 Å². The fourth-order valence-corrected chi connectivity index (χ4v) is 3.12. The van der Waals surface area contributed by atoms with Crippen molar-refractivity contribution in [2.24, 2.45) is 10.2 Å². The number of unbranched alkanes of at least 4 members (excludes halogenated alkanes) is 5. The second-order valence-electron chi connectivity index (χ2n) is 6.88. The van der Waals surface area contributed by atoms with E-state index in [0.717, 1.165) is 36.4 Å². The highest BCUT2D eigenvalue weighted by molar-refractivity contribution is 7.80. The minimum Gasteiger partial charge on any atom is -0.179 e. The Morgan fingerprint density at radius 1 is 0.615 bits per heavy atom. The molecule has 0 bridgehead atoms. The summed E-state index contributed by atoms with van der Waals surface area (Å²) in [6.07, 6.45) is 11.4. The highest BCUT2D eigenvalue weighted by Gasteiger charge is 1.97. The molecule has 0 amide bonds. The molecule has 140 valence electrons. The maximum absolute atomic E-state index is 4.35. The molecule has 0 aliphatic heterocycles. The molecule has 0 unspecified atom stereocenters. The average molecular weight is 369 g/mol. The zero-order valence-corrected chi connectivity index (χ0v) is 16.9. The van der Waals surface area contributed by atoms with Crippen LogP contribution in [0.2, 0.25) is 0 Å². The zero-order chi connectivity index (χ0) is 18.5. The highest BCUT2D eigenvalue weighted by Crippen LogP contribution is 2.20. The largest absolute Gasteiger partial charge is 0.179 e. The maximum atomic E-state index is 4.35. The quantitative estimate of drug-likeness (QED) is 0.224. The van der Waals surface area contributed by atoms with E-state index in [9.17, 15) is 0 Å². The molecule has 0 saturated heterocycles. The Kier molecular flexibility index (Phi) is 10.1. The number of thiol groups is 1. The standard InChI is InChI=1S/C23H32N2S/c1-2-3-4-5-6-7-9-20-11-15-22(16-12-20)24-25-23-17-13-21(14-18-23)10-8-19-26/h11-18,26H,2-10,19H2,1H3. The van der Waals surface area contributed by atoms with Crippen LogP contribution in [0.3, 0.4) is 0 Å². The fourth-order valence-electron chi connectivity index (χ4n) is 2.97. The first-order valence-corrected chi connectivity index (χ1v) is 10.7. The number of rotatable bonds is 12. The van der Waals surface area contributed by atoms with Crippen LogP contribution in [0.1, 0.15) is 63.0 Å². The zero-order valence-electron chi connectivity index (χ0n) is 16.0. The average Bonchev–Trinajstić information content (AvgIpc) is 2.69. The van der Waals surface area contributed by atoms with Crippen molar-refractivity contribution in [3.05, 3.63) is 59.7 Å². The second kappa shape index (κ2) is 12.7. The van der Waals surface area contributed by atoms with Crippen LogP contribution in [0.4, 0.5) is 11.4 Å². The Labute approximate surface area is 164 Å². The molecule has 0 heterocycles. The van der Waals surface area contributed by atoms with Gasteiger partial charge in [0.1, 0.15) is 0 Å². The van der Waals surface area contributed by atoms with E-state index in [0.29, 0.717) is 0 Å². The molecule has 26 heavy (non-hydrogen) atoms. The first-order chi connectivity index (χ1) is 12.8. The molecule has 0 aliphatic carbocycles. The van der Waals surface area contributed by atoms with E-state index in [1.807, 2.05) is 12.1 Å². The number of hydrogen-bond acceptors (Lipinski definition) is 3. The topological polar surface area (TPSA) is 24.7 Å². The summed E-state index contributed by atoms with van der Waals surface area (Å²) in [7, 11) is 0. The molecule has 2 rings (SSSR count). The smallest absolute Gasteiger partial charge is 0.0857 e. The molecule has 0 aliphatic rings. The van der Waals surface area contributed by atoms with Crippen LogP contribution in [0.15, 0.2) is 58.8 Å². The first kappa shape index (κ1) is 20.7. The number of azo groups is 1. The molecule has 0 spiro atoms. The van der Waals surface area contributed by atoms with E-state index in [-0.39, 0.29) is 0 Å². The first-order valence-electron chi connectivity index (χ1n) is 10.0. The summed E-state index contributed by atoms with van der Waals surface area (Å²) < 4.78 is 0. The predicted molar refractivity (Wildman–Crippen MR) is 116 cm³/mol. The van der Waals surface area contributed by atoms with E-state index in [1.54, 1.807) is 0 Å². The lowest BCUT2D eigenvalue weighted by atomic mass is 10.0. The van der Waals surface area contributed by atoms with Gasteiger partial charge >= 0.3 is 0 Å². The molecule has 2 nitrogen and oxygen atoms in total. The lowest BCUT2D eigenvalue weighted by molar-refractivity contribution is 0.607. The van der Waals surface area contributed by atoms with Gasteiger partial charge in [0, 0.05) is 0 Å². The van der Waals surface area contributed by atoms with Gasteiger partial charge in [0.25, 0.3) is 0 Å². The van der Waals surface area contributed by atoms with Gasteiger partial charge in [0.05, 0.1) is 11.4 Å². The van der Waals surface area contributed by atoms with Crippen LogP contribution in [0, 0.1) is 0 Å². The SMILES string of the molecule is CCCCCCCCc1ccc(N=Nc2ccc(CCCS)cc2)cc1. The summed E-state index contributed by atoms with van der Waals surface area (Å²) in [6, 6.07) is 16.8. The summed E-state index contributed by atoms with van der Waals surface area (Å²) in [5.74, 6) is 0.927. The molecule has 0 aromatic heterocycles. The lowest BCUT2D eigenvalue weighted by Crippen LogP contribution is -1.85. The fraction of sp³-hybridized carbons (Fsp3) is 0.478. The minimum atomic E-state index is 0.899. The van der Waals surface area contributed by atoms with Gasteiger partial charge in [-0.15, -0.1) is 0 Å². The van der Waals surface area contributed by atoms with Crippen molar-refractivity contribution >= 4 is 24.0 Å². The van der Waals surface area contributed by atoms with Crippen molar-refractivity contribution in [1.82, 2.24) is 0 Å². The van der Waals surface area contributed by atoms with Crippen LogP contribution in [0.5, 0.6) is 0 Å². The van der Waals surface area contributed by atoms with Crippen molar-refractivity contribution in [2.45, 2.75) is 64.7 Å². The maximum Gasteiger partial charge on any atom is 0.0857 e. The Bertz CT molecular complexity index is 632. The van der Waals surface area contributed by atoms with Crippen molar-refractivity contribution < 1.29 is 0 Å². The van der Waals surface area contributed by atoms with Gasteiger partial charge in [-0.05, 0) is 66.8 Å². The minimum absolute atomic E-state index is 0.899. The molecule has 2 aromatic carbocycles. The summed E-state index contributed by atoms with van der Waals surface area (Å²) in [6.45, 7) is 2.26. The molecular formula is C23H32N2S. The molecule has 0 N–H and O–H groups in total. The van der Waals surface area contributed by atoms with Gasteiger partial charge in [-0.25, -0.2) is 0 Å². The van der Waals surface area contributed by atoms with E-state index in [2.05, 4.69) is 66.2 Å². The molecule has 0 atom stereocenters. The Morgan fingerprint density at radius 2 is 1.08 bits per heavy atom. The number of benzene rings is 2. The van der Waals surface area contributed by atoms with E-state index in [1.165, 1.54) is 49.7 Å². The highest BCUT2D eigenvalue weighted by atomic mass is 32.1. The monoisotopic (exact) mass is 368 g/mol. The molecule has 0 fully saturated rings. The van der Waals surface area contributed by atoms with Crippen molar-refractivity contribution in [2.75, 3.05) is 5.75 Å². The van der Waals surface area contributed by atoms with Crippen LogP contribution >= 0.6 is 12.6 Å². The molecule has 2 aromatic rings. The summed E-state index contributed by atoms with van der Waals surface area (Å²) in [4.78, 5) is 0. The van der Waals surface area contributed by atoms with E-state index < -0.39 is 0 Å². The Morgan fingerprint density at radius 3 is 1.58 bits per heavy atom. The van der Waals surface area contributed by atoms with Gasteiger partial charge in [-0.2, -0.15) is 22.9 Å². The van der Waals surface area contributed by atoms with Gasteiger partial charge in [-0.3, -0.25) is 0 Å². The van der Waals surface area contributed by atoms with Gasteiger partial charge < -0.3 is 0 Å². The number of hydrogen-bond donors (Lipinski definition) is 1. The van der Waals surface area contributed by atoms with E-state index >= 15 is 0 Å². The molecular weight excluding hydrogens is 336 g/mol. The Balaban J connectivity index is 1.76. The van der Waals surface area contributed by atoms with Gasteiger partial charge in [-0.1, -0.05) is 63.3 Å². The molecule has 0 radical (unpaired) electrons. The van der Waals surface area contributed by atoms with Crippen molar-refractivity contribution in [3.8, 4) is 0 Å². The third-order valence-corrected chi connectivity index (χ3v) is 4.91. The number of nitrogens with zero attached hydrogens (tertiary/aromatic N) is 2. The van der Waals surface area contributed by atoms with Crippen molar-refractivity contribution in [1.29, 1.82) is 0 Å². The van der Waals surface area contributed by atoms with Crippen molar-refractivity contribution in [3.63, 3.8) is 0 Å². The van der Waals surface area contributed by atoms with Gasteiger partial charge in [0.15, 0.2) is 0 Å². The van der Waals surface area contributed by atoms with Gasteiger partial charge in [0.2, 0.25) is 0 Å². The van der Waals surface area contributed by atoms with Crippen LogP contribution in [-0.4, -0.2) is 5.75 Å². The summed E-state index contributed by atoms with van der Waals surface area (Å²) in [5, 5.41) is 8.69. The number of aryl methyl sites for hydroxylation is 2. The Hall–Kier alpha value is -1.61. The third-order valence-electron chi connectivity index (χ3n) is 4.60. The van der Waals surface area contributed by atoms with E-state index in [4.69, 9.17) is 0 Å². The predicted octanol–water partition coefficient (Wildman–Crippen LogP) is 7.87. The normalized spacial score (nSPS) is 11.3. The summed E-state index contributed by atoms with van der Waals surface area (Å²) >= 11 is 4.25. The second-order valence-corrected chi connectivity index (χ2v) is 7.33. The van der Waals surface area contributed by atoms with Crippen LogP contribution in [0.25, 0.3) is 0 Å². The molecule has 3 heteroatoms. The lowest BCUT2D eigenvalue weighted by Gasteiger charge is -2.02. The summed E-state index contributed by atoms with van der Waals surface area (Å²) in [5.41, 5.74) is 4.54. The third kappa shape index (κ3) is 8.18. The van der Waals surface area contributed by atoms with Crippen LogP contribution < -0.4 is 0 Å².